The van der Waals surface area contributed by atoms with Crippen LogP contribution in [0.4, 0.5) is 0 Å². The fourth-order valence-electron chi connectivity index (χ4n) is 1.59. The van der Waals surface area contributed by atoms with Crippen molar-refractivity contribution in [3.63, 3.8) is 0 Å². The maximum Gasteiger partial charge on any atom is 0.392 e. The van der Waals surface area contributed by atoms with Crippen molar-refractivity contribution in [2.45, 2.75) is 0 Å². The van der Waals surface area contributed by atoms with E-state index in [-0.39, 0.29) is 0 Å². The van der Waals surface area contributed by atoms with Gasteiger partial charge < -0.3 is 4.74 Å². The van der Waals surface area contributed by atoms with Crippen molar-refractivity contribution in [3.05, 3.63) is 54.6 Å². The lowest BCUT2D eigenvalue weighted by atomic mass is 10.1. The van der Waals surface area contributed by atoms with Gasteiger partial charge in [-0.2, -0.15) is 0 Å². The molecule has 3 heteroatoms. The first-order chi connectivity index (χ1) is 8.27. The van der Waals surface area contributed by atoms with Crippen LogP contribution in [0.1, 0.15) is 0 Å². The zero-order valence-corrected chi connectivity index (χ0v) is 9.13. The molecule has 0 saturated heterocycles. The van der Waals surface area contributed by atoms with E-state index in [0.717, 1.165) is 11.1 Å². The molecule has 0 heterocycles. The van der Waals surface area contributed by atoms with Crippen LogP contribution in [0, 0.1) is 0 Å². The van der Waals surface area contributed by atoms with Gasteiger partial charge in [0.2, 0.25) is 0 Å². The van der Waals surface area contributed by atoms with Crippen molar-refractivity contribution >= 4 is 5.97 Å². The van der Waals surface area contributed by atoms with Gasteiger partial charge in [0, 0.05) is 5.56 Å². The minimum atomic E-state index is -1.23. The molecule has 0 saturated carbocycles. The minimum absolute atomic E-state index is 0.441. The summed E-state index contributed by atoms with van der Waals surface area (Å²) in [5, 5.41) is 10.4. The van der Waals surface area contributed by atoms with Gasteiger partial charge >= 0.3 is 5.97 Å². The monoisotopic (exact) mass is 227 g/mol. The lowest BCUT2D eigenvalue weighted by Crippen LogP contribution is -2.08. The molecule has 0 aliphatic heterocycles. The molecule has 0 amide bonds. The maximum absolute atomic E-state index is 10.4. The van der Waals surface area contributed by atoms with Crippen LogP contribution in [0.2, 0.25) is 0 Å². The standard InChI is InChI=1S/C14H11O3/c15-14(16)10-17-13-9-5-4-8-12(13)11-6-2-1-3-7-11/h1-9H,10H2. The lowest BCUT2D eigenvalue weighted by molar-refractivity contribution is -0.145. The van der Waals surface area contributed by atoms with Gasteiger partial charge in [0.25, 0.3) is 0 Å². The normalized spacial score (nSPS) is 9.88. The molecular weight excluding hydrogens is 216 g/mol. The largest absolute Gasteiger partial charge is 0.481 e. The highest BCUT2D eigenvalue weighted by molar-refractivity contribution is 5.72. The van der Waals surface area contributed by atoms with Crippen LogP contribution in [0.5, 0.6) is 5.75 Å². The SMILES string of the molecule is [O]C(=O)COc1ccccc1-c1ccccc1. The summed E-state index contributed by atoms with van der Waals surface area (Å²) in [5.74, 6) is -0.684. The van der Waals surface area contributed by atoms with Gasteiger partial charge in [-0.3, -0.25) is 0 Å². The van der Waals surface area contributed by atoms with Crippen LogP contribution >= 0.6 is 0 Å². The average molecular weight is 227 g/mol. The number of para-hydroxylation sites is 1. The maximum atomic E-state index is 10.4. The van der Waals surface area contributed by atoms with E-state index < -0.39 is 12.6 Å². The molecule has 2 aromatic rings. The fourth-order valence-corrected chi connectivity index (χ4v) is 1.59. The molecule has 0 aromatic heterocycles. The summed E-state index contributed by atoms with van der Waals surface area (Å²) in [5.41, 5.74) is 1.86. The smallest absolute Gasteiger partial charge is 0.392 e. The predicted molar refractivity (Wildman–Crippen MR) is 63.1 cm³/mol. The van der Waals surface area contributed by atoms with E-state index in [0.29, 0.717) is 5.75 Å². The van der Waals surface area contributed by atoms with Crippen molar-refractivity contribution in [1.29, 1.82) is 0 Å². The van der Waals surface area contributed by atoms with Crippen LogP contribution in [0.15, 0.2) is 54.6 Å². The van der Waals surface area contributed by atoms with Gasteiger partial charge in [-0.1, -0.05) is 48.5 Å². The molecule has 2 rings (SSSR count). The number of carbonyl (C=O) groups is 1. The first-order valence-corrected chi connectivity index (χ1v) is 5.24. The van der Waals surface area contributed by atoms with Crippen molar-refractivity contribution in [2.75, 3.05) is 6.61 Å². The molecular formula is C14H11O3. The van der Waals surface area contributed by atoms with Crippen LogP contribution in [0.25, 0.3) is 11.1 Å². The lowest BCUT2D eigenvalue weighted by Gasteiger charge is -2.09. The molecule has 0 aliphatic carbocycles. The zero-order chi connectivity index (χ0) is 12.1. The van der Waals surface area contributed by atoms with Crippen molar-refractivity contribution in [1.82, 2.24) is 0 Å². The van der Waals surface area contributed by atoms with Gasteiger partial charge in [-0.05, 0) is 11.6 Å². The Morgan fingerprint density at radius 2 is 1.59 bits per heavy atom. The molecule has 0 unspecified atom stereocenters. The molecule has 0 spiro atoms. The summed E-state index contributed by atoms with van der Waals surface area (Å²) < 4.78 is 5.19. The van der Waals surface area contributed by atoms with Gasteiger partial charge in [0.05, 0.1) is 0 Å². The Labute approximate surface area is 99.3 Å². The summed E-state index contributed by atoms with van der Waals surface area (Å²) >= 11 is 0. The van der Waals surface area contributed by atoms with E-state index in [1.165, 1.54) is 0 Å². The quantitative estimate of drug-likeness (QED) is 0.806. The topological polar surface area (TPSA) is 46.2 Å². The molecule has 0 bridgehead atoms. The average Bonchev–Trinajstić information content (AvgIpc) is 2.38. The van der Waals surface area contributed by atoms with Gasteiger partial charge in [-0.25, -0.2) is 9.90 Å². The molecule has 2 aromatic carbocycles. The van der Waals surface area contributed by atoms with Crippen LogP contribution in [-0.2, 0) is 9.90 Å². The molecule has 0 fully saturated rings. The predicted octanol–water partition coefficient (Wildman–Crippen LogP) is 2.69. The second-order valence-corrected chi connectivity index (χ2v) is 3.52. The summed E-state index contributed by atoms with van der Waals surface area (Å²) in [4.78, 5) is 10.4. The second-order valence-electron chi connectivity index (χ2n) is 3.52. The van der Waals surface area contributed by atoms with E-state index in [1.807, 2.05) is 42.5 Å². The number of hydrogen-bond acceptors (Lipinski definition) is 2. The van der Waals surface area contributed by atoms with Crippen LogP contribution in [-0.4, -0.2) is 12.6 Å². The van der Waals surface area contributed by atoms with E-state index >= 15 is 0 Å². The Hall–Kier alpha value is -2.29. The summed E-state index contributed by atoms with van der Waals surface area (Å²) in [7, 11) is 0. The van der Waals surface area contributed by atoms with Gasteiger partial charge in [0.15, 0.2) is 6.61 Å². The number of rotatable bonds is 4. The molecule has 0 N–H and O–H groups in total. The first-order valence-electron chi connectivity index (χ1n) is 5.24. The third-order valence-corrected chi connectivity index (χ3v) is 2.32. The Morgan fingerprint density at radius 3 is 2.29 bits per heavy atom. The van der Waals surface area contributed by atoms with Crippen molar-refractivity contribution in [2.24, 2.45) is 0 Å². The minimum Gasteiger partial charge on any atom is -0.481 e. The van der Waals surface area contributed by atoms with E-state index in [2.05, 4.69) is 0 Å². The van der Waals surface area contributed by atoms with Crippen molar-refractivity contribution in [3.8, 4) is 16.9 Å². The van der Waals surface area contributed by atoms with E-state index in [1.54, 1.807) is 12.1 Å². The number of ether oxygens (including phenoxy) is 1. The molecule has 3 nitrogen and oxygen atoms in total. The first kappa shape index (κ1) is 11.2. The van der Waals surface area contributed by atoms with Crippen molar-refractivity contribution < 1.29 is 14.6 Å². The van der Waals surface area contributed by atoms with E-state index in [9.17, 15) is 9.90 Å². The molecule has 0 atom stereocenters. The molecule has 17 heavy (non-hydrogen) atoms. The highest BCUT2D eigenvalue weighted by atomic mass is 16.5. The Bertz CT molecular complexity index is 506. The third-order valence-electron chi connectivity index (χ3n) is 2.32. The Kier molecular flexibility index (Phi) is 3.40. The van der Waals surface area contributed by atoms with Gasteiger partial charge in [0.1, 0.15) is 5.75 Å². The van der Waals surface area contributed by atoms with Crippen LogP contribution < -0.4 is 4.74 Å². The molecule has 1 radical (unpaired) electrons. The Balaban J connectivity index is 2.31. The fraction of sp³-hybridized carbons (Fsp3) is 0.0714. The molecule has 85 valence electrons. The number of benzene rings is 2. The summed E-state index contributed by atoms with van der Waals surface area (Å²) in [6, 6.07) is 17.0. The third kappa shape index (κ3) is 2.84. The number of hydrogen-bond donors (Lipinski definition) is 0. The number of carbonyl (C=O) groups excluding carboxylic acids is 1. The zero-order valence-electron chi connectivity index (χ0n) is 9.13. The summed E-state index contributed by atoms with van der Waals surface area (Å²) in [6.07, 6.45) is 0. The molecule has 0 aliphatic rings. The second kappa shape index (κ2) is 5.16. The Morgan fingerprint density at radius 1 is 0.941 bits per heavy atom. The summed E-state index contributed by atoms with van der Waals surface area (Å²) in [6.45, 7) is -0.441. The van der Waals surface area contributed by atoms with Gasteiger partial charge in [-0.15, -0.1) is 0 Å². The highest BCUT2D eigenvalue weighted by Gasteiger charge is 2.07. The van der Waals surface area contributed by atoms with E-state index in [4.69, 9.17) is 4.74 Å². The van der Waals surface area contributed by atoms with Crippen LogP contribution in [0.3, 0.4) is 0 Å². The highest BCUT2D eigenvalue weighted by Crippen LogP contribution is 2.29.